The number of rotatable bonds is 5. The van der Waals surface area contributed by atoms with E-state index in [2.05, 4.69) is 5.10 Å². The highest BCUT2D eigenvalue weighted by molar-refractivity contribution is 5.88. The fraction of sp³-hybridized carbons (Fsp3) is 0.417. The van der Waals surface area contributed by atoms with Crippen molar-refractivity contribution in [2.75, 3.05) is 26.3 Å². The molecule has 2 aliphatic rings. The monoisotopic (exact) mass is 475 g/mol. The fourth-order valence-corrected chi connectivity index (χ4v) is 4.52. The maximum Gasteiger partial charge on any atom is 0.416 e. The van der Waals surface area contributed by atoms with Crippen LogP contribution >= 0.6 is 0 Å². The third-order valence-electron chi connectivity index (χ3n) is 6.30. The molecule has 2 fully saturated rings. The minimum atomic E-state index is -4.41. The average molecular weight is 475 g/mol. The van der Waals surface area contributed by atoms with E-state index in [9.17, 15) is 23.1 Å². The van der Waals surface area contributed by atoms with E-state index in [1.54, 1.807) is 22.7 Å². The lowest BCUT2D eigenvalue weighted by Crippen LogP contribution is -2.47. The zero-order chi connectivity index (χ0) is 24.0. The lowest BCUT2D eigenvalue weighted by Gasteiger charge is -2.32. The molecule has 0 radical (unpaired) electrons. The van der Waals surface area contributed by atoms with Crippen molar-refractivity contribution in [1.29, 1.82) is 0 Å². The van der Waals surface area contributed by atoms with E-state index in [1.165, 1.54) is 12.1 Å². The van der Waals surface area contributed by atoms with Gasteiger partial charge in [-0.1, -0.05) is 0 Å². The van der Waals surface area contributed by atoms with Gasteiger partial charge in [0.15, 0.2) is 0 Å². The molecule has 5 rings (SSSR count). The molecule has 1 aromatic heterocycles. The molecule has 3 atom stereocenters. The van der Waals surface area contributed by atoms with Gasteiger partial charge in [-0.3, -0.25) is 9.48 Å². The molecule has 1 saturated carbocycles. The highest BCUT2D eigenvalue weighted by Crippen LogP contribution is 2.51. The zero-order valence-electron chi connectivity index (χ0n) is 18.5. The summed E-state index contributed by atoms with van der Waals surface area (Å²) in [4.78, 5) is 14.8. The number of hydrogen-bond donors (Lipinski definition) is 1. The summed E-state index contributed by atoms with van der Waals surface area (Å²) in [6, 6.07) is 8.15. The van der Waals surface area contributed by atoms with E-state index in [0.717, 1.165) is 28.6 Å². The number of alkyl halides is 3. The van der Waals surface area contributed by atoms with Crippen LogP contribution in [-0.4, -0.2) is 58.1 Å². The summed E-state index contributed by atoms with van der Waals surface area (Å²) >= 11 is 0. The Morgan fingerprint density at radius 3 is 2.71 bits per heavy atom. The van der Waals surface area contributed by atoms with Gasteiger partial charge in [-0.15, -0.1) is 0 Å². The number of aromatic nitrogens is 2. The number of carbonyl (C=O) groups is 1. The number of carbonyl (C=O) groups excluding carboxylic acids is 1. The Morgan fingerprint density at radius 1 is 1.24 bits per heavy atom. The summed E-state index contributed by atoms with van der Waals surface area (Å²) in [7, 11) is 1.80. The van der Waals surface area contributed by atoms with Crippen LogP contribution in [0.5, 0.6) is 11.5 Å². The molecule has 0 bridgehead atoms. The molecule has 34 heavy (non-hydrogen) atoms. The third kappa shape index (κ3) is 4.47. The minimum absolute atomic E-state index is 0.0310. The van der Waals surface area contributed by atoms with Crippen molar-refractivity contribution in [2.24, 2.45) is 13.0 Å². The second-order valence-electron chi connectivity index (χ2n) is 8.79. The summed E-state index contributed by atoms with van der Waals surface area (Å²) in [5, 5.41) is 14.7. The first-order valence-electron chi connectivity index (χ1n) is 11.1. The molecular formula is C24H24F3N3O4. The first kappa shape index (κ1) is 22.7. The van der Waals surface area contributed by atoms with Gasteiger partial charge in [0, 0.05) is 37.6 Å². The van der Waals surface area contributed by atoms with Crippen LogP contribution in [0, 0.1) is 5.92 Å². The number of aliphatic hydroxyl groups is 1. The van der Waals surface area contributed by atoms with E-state index >= 15 is 0 Å². The SMILES string of the molecule is Cn1cc2cc(Oc3ccc(C(F)(F)F)cc3)cc([C@@H]3C[C@H]3C(=O)N3CCO[C@H](CO)C3)c2n1. The third-order valence-corrected chi connectivity index (χ3v) is 6.30. The molecular weight excluding hydrogens is 451 g/mol. The Balaban J connectivity index is 1.38. The van der Waals surface area contributed by atoms with Crippen molar-refractivity contribution in [2.45, 2.75) is 24.6 Å². The largest absolute Gasteiger partial charge is 0.457 e. The standard InChI is InChI=1S/C24H24F3N3O4/c1-29-11-14-8-17(34-16-4-2-15(3-5-16)24(25,26)27)9-20(22(14)28-29)19-10-21(19)23(32)30-6-7-33-18(12-30)13-31/h2-5,8-9,11,18-19,21,31H,6-7,10,12-13H2,1H3/t18-,19-,21+/m0/s1. The summed E-state index contributed by atoms with van der Waals surface area (Å²) < 4.78 is 51.6. The fourth-order valence-electron chi connectivity index (χ4n) is 4.52. The quantitative estimate of drug-likeness (QED) is 0.609. The Labute approximate surface area is 193 Å². The highest BCUT2D eigenvalue weighted by Gasteiger charge is 2.47. The van der Waals surface area contributed by atoms with Crippen LogP contribution in [0.3, 0.4) is 0 Å². The number of aryl methyl sites for hydroxylation is 1. The van der Waals surface area contributed by atoms with Crippen LogP contribution in [0.2, 0.25) is 0 Å². The number of halogens is 3. The van der Waals surface area contributed by atoms with Gasteiger partial charge >= 0.3 is 6.18 Å². The van der Waals surface area contributed by atoms with Crippen LogP contribution < -0.4 is 4.74 Å². The van der Waals surface area contributed by atoms with Crippen LogP contribution in [0.1, 0.15) is 23.5 Å². The summed E-state index contributed by atoms with van der Waals surface area (Å²) in [5.74, 6) is 0.569. The number of morpholine rings is 1. The number of aliphatic hydroxyl groups excluding tert-OH is 1. The van der Waals surface area contributed by atoms with Crippen molar-refractivity contribution in [3.8, 4) is 11.5 Å². The first-order valence-corrected chi connectivity index (χ1v) is 11.1. The first-order chi connectivity index (χ1) is 16.2. The number of fused-ring (bicyclic) bond motifs is 1. The Hall–Kier alpha value is -3.11. The van der Waals surface area contributed by atoms with Gasteiger partial charge < -0.3 is 19.5 Å². The minimum Gasteiger partial charge on any atom is -0.457 e. The number of hydrogen-bond acceptors (Lipinski definition) is 5. The molecule has 1 amide bonds. The van der Waals surface area contributed by atoms with Crippen molar-refractivity contribution < 1.29 is 32.5 Å². The van der Waals surface area contributed by atoms with Crippen molar-refractivity contribution in [1.82, 2.24) is 14.7 Å². The Morgan fingerprint density at radius 2 is 2.00 bits per heavy atom. The normalized spacial score (nSPS) is 22.7. The number of ether oxygens (including phenoxy) is 2. The molecule has 2 heterocycles. The zero-order valence-corrected chi connectivity index (χ0v) is 18.5. The molecule has 1 aliphatic carbocycles. The van der Waals surface area contributed by atoms with Gasteiger partial charge in [0.25, 0.3) is 0 Å². The molecule has 0 unspecified atom stereocenters. The van der Waals surface area contributed by atoms with Crippen LogP contribution in [0.25, 0.3) is 10.9 Å². The second kappa shape index (κ2) is 8.59. The summed E-state index contributed by atoms with van der Waals surface area (Å²) in [5.41, 5.74) is 0.914. The lowest BCUT2D eigenvalue weighted by molar-refractivity contribution is -0.141. The predicted molar refractivity (Wildman–Crippen MR) is 116 cm³/mol. The number of amides is 1. The maximum atomic E-state index is 13.1. The number of nitrogens with zero attached hydrogens (tertiary/aromatic N) is 3. The van der Waals surface area contributed by atoms with Gasteiger partial charge in [0.05, 0.1) is 30.4 Å². The van der Waals surface area contributed by atoms with E-state index in [1.807, 2.05) is 12.3 Å². The van der Waals surface area contributed by atoms with E-state index in [0.29, 0.717) is 31.9 Å². The van der Waals surface area contributed by atoms with Gasteiger partial charge in [-0.05, 0) is 54.3 Å². The second-order valence-corrected chi connectivity index (χ2v) is 8.79. The van der Waals surface area contributed by atoms with E-state index in [4.69, 9.17) is 9.47 Å². The summed E-state index contributed by atoms with van der Waals surface area (Å²) in [6.45, 7) is 1.13. The highest BCUT2D eigenvalue weighted by atomic mass is 19.4. The van der Waals surface area contributed by atoms with Crippen LogP contribution in [-0.2, 0) is 22.8 Å². The lowest BCUT2D eigenvalue weighted by atomic mass is 10.0. The van der Waals surface area contributed by atoms with Gasteiger partial charge in [-0.25, -0.2) is 0 Å². The molecule has 0 spiro atoms. The van der Waals surface area contributed by atoms with Crippen LogP contribution in [0.4, 0.5) is 13.2 Å². The molecule has 180 valence electrons. The molecule has 1 saturated heterocycles. The molecule has 1 N–H and O–H groups in total. The number of benzene rings is 2. The molecule has 2 aromatic carbocycles. The molecule has 7 nitrogen and oxygen atoms in total. The Kier molecular flexibility index (Phi) is 5.73. The van der Waals surface area contributed by atoms with Crippen molar-refractivity contribution >= 4 is 16.8 Å². The van der Waals surface area contributed by atoms with E-state index < -0.39 is 11.7 Å². The average Bonchev–Trinajstić information content (AvgIpc) is 3.51. The summed E-state index contributed by atoms with van der Waals surface area (Å²) in [6.07, 6.45) is -2.26. The molecule has 10 heteroatoms. The van der Waals surface area contributed by atoms with Gasteiger partial charge in [-0.2, -0.15) is 18.3 Å². The van der Waals surface area contributed by atoms with Crippen molar-refractivity contribution in [3.63, 3.8) is 0 Å². The Bertz CT molecular complexity index is 1210. The molecule has 3 aromatic rings. The van der Waals surface area contributed by atoms with E-state index in [-0.39, 0.29) is 36.2 Å². The van der Waals surface area contributed by atoms with Crippen LogP contribution in [0.15, 0.2) is 42.6 Å². The smallest absolute Gasteiger partial charge is 0.416 e. The topological polar surface area (TPSA) is 76.8 Å². The molecule has 1 aliphatic heterocycles. The van der Waals surface area contributed by atoms with Gasteiger partial charge in [0.1, 0.15) is 11.5 Å². The van der Waals surface area contributed by atoms with Crippen molar-refractivity contribution in [3.05, 3.63) is 53.7 Å². The maximum absolute atomic E-state index is 13.1. The predicted octanol–water partition coefficient (Wildman–Crippen LogP) is 3.71. The van der Waals surface area contributed by atoms with Gasteiger partial charge in [0.2, 0.25) is 5.91 Å².